The zero-order chi connectivity index (χ0) is 16.7. The molecule has 122 valence electrons. The number of carbonyl (C=O) groups is 1. The maximum atomic E-state index is 12.2. The van der Waals surface area contributed by atoms with Gasteiger partial charge in [-0.1, -0.05) is 18.2 Å². The Bertz CT molecular complexity index is 704. The van der Waals surface area contributed by atoms with Crippen molar-refractivity contribution in [2.75, 3.05) is 24.8 Å². The number of benzene rings is 1. The van der Waals surface area contributed by atoms with Crippen LogP contribution in [0.4, 0.5) is 5.69 Å². The van der Waals surface area contributed by atoms with E-state index in [1.807, 2.05) is 31.2 Å². The number of hydrogen-bond acceptors (Lipinski definition) is 4. The van der Waals surface area contributed by atoms with Crippen LogP contribution < -0.4 is 5.32 Å². The van der Waals surface area contributed by atoms with Crippen molar-refractivity contribution < 1.29 is 13.7 Å². The monoisotopic (exact) mass is 332 g/mol. The molecule has 2 aromatic rings. The minimum absolute atomic E-state index is 0.258. The van der Waals surface area contributed by atoms with Crippen LogP contribution >= 0.6 is 0 Å². The maximum Gasteiger partial charge on any atom is 0.274 e. The molecule has 1 atom stereocenters. The van der Waals surface area contributed by atoms with Gasteiger partial charge in [-0.05, 0) is 36.8 Å². The Morgan fingerprint density at radius 3 is 2.78 bits per heavy atom. The molecule has 1 aromatic heterocycles. The number of nitrogens with zero attached hydrogens (tertiary/aromatic N) is 1. The van der Waals surface area contributed by atoms with Crippen LogP contribution in [0.15, 0.2) is 42.5 Å². The van der Waals surface area contributed by atoms with E-state index in [9.17, 15) is 9.00 Å². The van der Waals surface area contributed by atoms with Gasteiger partial charge in [0.15, 0.2) is 0 Å². The lowest BCUT2D eigenvalue weighted by atomic mass is 10.2. The SMILES string of the molecule is COCC[S@@](=O)Cc1cccc(NC(=O)c2cccc(C)n2)c1. The lowest BCUT2D eigenvalue weighted by Crippen LogP contribution is -2.14. The second-order valence-electron chi connectivity index (χ2n) is 5.10. The number of anilines is 1. The van der Waals surface area contributed by atoms with Crippen LogP contribution in [0.5, 0.6) is 0 Å². The van der Waals surface area contributed by atoms with Gasteiger partial charge < -0.3 is 10.1 Å². The molecule has 5 nitrogen and oxygen atoms in total. The fourth-order valence-corrected chi connectivity index (χ4v) is 3.09. The Morgan fingerprint density at radius 2 is 2.04 bits per heavy atom. The van der Waals surface area contributed by atoms with E-state index in [-0.39, 0.29) is 5.91 Å². The third-order valence-corrected chi connectivity index (χ3v) is 4.43. The molecule has 0 aliphatic heterocycles. The summed E-state index contributed by atoms with van der Waals surface area (Å²) < 4.78 is 16.8. The molecule has 0 aliphatic rings. The third kappa shape index (κ3) is 5.58. The number of hydrogen-bond donors (Lipinski definition) is 1. The van der Waals surface area contributed by atoms with E-state index in [1.165, 1.54) is 0 Å². The molecule has 0 saturated heterocycles. The summed E-state index contributed by atoms with van der Waals surface area (Å²) >= 11 is 0. The number of aryl methyl sites for hydroxylation is 1. The molecular formula is C17H20N2O3S. The first-order valence-corrected chi connectivity index (χ1v) is 8.75. The highest BCUT2D eigenvalue weighted by atomic mass is 32.2. The number of pyridine rings is 1. The number of methoxy groups -OCH3 is 1. The predicted octanol–water partition coefficient (Wildman–Crippen LogP) is 2.54. The van der Waals surface area contributed by atoms with Gasteiger partial charge in [0.2, 0.25) is 0 Å². The first-order chi connectivity index (χ1) is 11.1. The third-order valence-electron chi connectivity index (χ3n) is 3.15. The average molecular weight is 332 g/mol. The summed E-state index contributed by atoms with van der Waals surface area (Å²) in [4.78, 5) is 16.4. The van der Waals surface area contributed by atoms with Crippen molar-refractivity contribution in [3.05, 3.63) is 59.4 Å². The summed E-state index contributed by atoms with van der Waals surface area (Å²) in [5, 5.41) is 2.82. The summed E-state index contributed by atoms with van der Waals surface area (Å²) in [6.07, 6.45) is 0. The molecule has 0 spiro atoms. The second-order valence-corrected chi connectivity index (χ2v) is 6.68. The Balaban J connectivity index is 2.02. The van der Waals surface area contributed by atoms with Crippen molar-refractivity contribution in [2.45, 2.75) is 12.7 Å². The Kier molecular flexibility index (Phi) is 6.43. The van der Waals surface area contributed by atoms with E-state index in [2.05, 4.69) is 10.3 Å². The average Bonchev–Trinajstić information content (AvgIpc) is 2.53. The number of carbonyl (C=O) groups excluding carboxylic acids is 1. The van der Waals surface area contributed by atoms with E-state index >= 15 is 0 Å². The molecule has 0 radical (unpaired) electrons. The molecule has 2 rings (SSSR count). The molecule has 0 saturated carbocycles. The van der Waals surface area contributed by atoms with Crippen molar-refractivity contribution in [2.24, 2.45) is 0 Å². The van der Waals surface area contributed by atoms with Gasteiger partial charge in [-0.3, -0.25) is 9.00 Å². The van der Waals surface area contributed by atoms with Gasteiger partial charge in [0.25, 0.3) is 5.91 Å². The van der Waals surface area contributed by atoms with Crippen LogP contribution in [0.1, 0.15) is 21.7 Å². The van der Waals surface area contributed by atoms with Gasteiger partial charge in [0.1, 0.15) is 5.69 Å². The Morgan fingerprint density at radius 1 is 1.26 bits per heavy atom. The fourth-order valence-electron chi connectivity index (χ4n) is 2.04. The van der Waals surface area contributed by atoms with Gasteiger partial charge in [-0.25, -0.2) is 4.98 Å². The van der Waals surface area contributed by atoms with E-state index in [0.717, 1.165) is 11.3 Å². The normalized spacial score (nSPS) is 11.9. The highest BCUT2D eigenvalue weighted by Gasteiger charge is 2.09. The quantitative estimate of drug-likeness (QED) is 0.846. The van der Waals surface area contributed by atoms with Crippen LogP contribution in [0, 0.1) is 6.92 Å². The molecule has 6 heteroatoms. The molecule has 1 aromatic carbocycles. The minimum atomic E-state index is -0.981. The number of aromatic nitrogens is 1. The standard InChI is InChI=1S/C17H20N2O3S/c1-13-5-3-8-16(18-13)17(20)19-15-7-4-6-14(11-15)12-23(21)10-9-22-2/h3-8,11H,9-10,12H2,1-2H3,(H,19,20)/t23-/m1/s1. The molecule has 1 heterocycles. The highest BCUT2D eigenvalue weighted by Crippen LogP contribution is 2.14. The van der Waals surface area contributed by atoms with Crippen molar-refractivity contribution in [1.29, 1.82) is 0 Å². The predicted molar refractivity (Wildman–Crippen MR) is 92.0 cm³/mol. The summed E-state index contributed by atoms with van der Waals surface area (Å²) in [5.41, 5.74) is 2.74. The molecule has 1 amide bonds. The zero-order valence-corrected chi connectivity index (χ0v) is 14.1. The summed E-state index contributed by atoms with van der Waals surface area (Å²) in [7, 11) is 0.609. The largest absolute Gasteiger partial charge is 0.384 e. The smallest absolute Gasteiger partial charge is 0.274 e. The van der Waals surface area contributed by atoms with Crippen LogP contribution in [-0.2, 0) is 21.3 Å². The molecule has 0 bridgehead atoms. The summed E-state index contributed by atoms with van der Waals surface area (Å²) in [6.45, 7) is 2.31. The zero-order valence-electron chi connectivity index (χ0n) is 13.2. The number of ether oxygens (including phenoxy) is 1. The minimum Gasteiger partial charge on any atom is -0.384 e. The first kappa shape index (κ1) is 17.3. The van der Waals surface area contributed by atoms with E-state index in [0.29, 0.717) is 29.5 Å². The van der Waals surface area contributed by atoms with E-state index in [4.69, 9.17) is 4.74 Å². The van der Waals surface area contributed by atoms with Gasteiger partial charge in [-0.15, -0.1) is 0 Å². The van der Waals surface area contributed by atoms with Crippen molar-refractivity contribution in [1.82, 2.24) is 4.98 Å². The summed E-state index contributed by atoms with van der Waals surface area (Å²) in [6, 6.07) is 12.7. The van der Waals surface area contributed by atoms with Gasteiger partial charge in [-0.2, -0.15) is 0 Å². The number of nitrogens with one attached hydrogen (secondary N) is 1. The number of amides is 1. The van der Waals surface area contributed by atoms with Crippen LogP contribution in [-0.4, -0.2) is 34.6 Å². The van der Waals surface area contributed by atoms with Crippen molar-refractivity contribution in [3.63, 3.8) is 0 Å². The lowest BCUT2D eigenvalue weighted by molar-refractivity contribution is 0.102. The Hall–Kier alpha value is -2.05. The van der Waals surface area contributed by atoms with Gasteiger partial charge >= 0.3 is 0 Å². The molecule has 1 N–H and O–H groups in total. The highest BCUT2D eigenvalue weighted by molar-refractivity contribution is 7.84. The molecular weight excluding hydrogens is 312 g/mol. The Labute approximate surface area is 138 Å². The van der Waals surface area contributed by atoms with Crippen LogP contribution in [0.25, 0.3) is 0 Å². The van der Waals surface area contributed by atoms with E-state index in [1.54, 1.807) is 25.3 Å². The molecule has 0 fully saturated rings. The number of rotatable bonds is 7. The van der Waals surface area contributed by atoms with Crippen LogP contribution in [0.2, 0.25) is 0 Å². The van der Waals surface area contributed by atoms with Crippen molar-refractivity contribution >= 4 is 22.4 Å². The second kappa shape index (κ2) is 8.55. The molecule has 0 unspecified atom stereocenters. The van der Waals surface area contributed by atoms with Crippen LogP contribution in [0.3, 0.4) is 0 Å². The molecule has 23 heavy (non-hydrogen) atoms. The fraction of sp³-hybridized carbons (Fsp3) is 0.294. The first-order valence-electron chi connectivity index (χ1n) is 7.26. The molecule has 0 aliphatic carbocycles. The maximum absolute atomic E-state index is 12.2. The van der Waals surface area contributed by atoms with E-state index < -0.39 is 10.8 Å². The topological polar surface area (TPSA) is 68.3 Å². The lowest BCUT2D eigenvalue weighted by Gasteiger charge is -2.08. The van der Waals surface area contributed by atoms with Gasteiger partial charge in [0, 0.05) is 40.8 Å². The van der Waals surface area contributed by atoms with Crippen molar-refractivity contribution in [3.8, 4) is 0 Å². The van der Waals surface area contributed by atoms with Gasteiger partial charge in [0.05, 0.1) is 6.61 Å². The summed E-state index contributed by atoms with van der Waals surface area (Å²) in [5.74, 6) is 0.683.